The van der Waals surface area contributed by atoms with Gasteiger partial charge in [-0.2, -0.15) is 4.98 Å². The van der Waals surface area contributed by atoms with Crippen LogP contribution < -0.4 is 10.6 Å². The Kier molecular flexibility index (Phi) is 5.26. The van der Waals surface area contributed by atoms with Crippen LogP contribution in [-0.4, -0.2) is 15.8 Å². The summed E-state index contributed by atoms with van der Waals surface area (Å²) in [5, 5.41) is 7.09. The average molecular weight is 353 g/mol. The van der Waals surface area contributed by atoms with Gasteiger partial charge in [-0.05, 0) is 55.0 Å². The molecular weight excluding hydrogens is 336 g/mol. The van der Waals surface area contributed by atoms with Crippen molar-refractivity contribution < 1.29 is 4.79 Å². The fourth-order valence-corrected chi connectivity index (χ4v) is 2.36. The quantitative estimate of drug-likeness (QED) is 0.630. The number of hydrogen-bond donors (Lipinski definition) is 2. The lowest BCUT2D eigenvalue weighted by molar-refractivity contribution is 0.101. The maximum atomic E-state index is 11.3. The van der Waals surface area contributed by atoms with Crippen molar-refractivity contribution in [2.75, 3.05) is 10.6 Å². The fraction of sp³-hybridized carbons (Fsp3) is 0.105. The lowest BCUT2D eigenvalue weighted by Gasteiger charge is -2.09. The van der Waals surface area contributed by atoms with E-state index < -0.39 is 0 Å². The highest BCUT2D eigenvalue weighted by molar-refractivity contribution is 6.30. The topological polar surface area (TPSA) is 66.9 Å². The van der Waals surface area contributed by atoms with Crippen molar-refractivity contribution in [3.63, 3.8) is 0 Å². The first-order valence-electron chi connectivity index (χ1n) is 7.79. The van der Waals surface area contributed by atoms with Gasteiger partial charge in [0.15, 0.2) is 5.78 Å². The summed E-state index contributed by atoms with van der Waals surface area (Å²) in [6.45, 7) is 2.18. The van der Waals surface area contributed by atoms with Crippen LogP contribution in [0.1, 0.15) is 22.8 Å². The molecule has 1 heterocycles. The smallest absolute Gasteiger partial charge is 0.229 e. The monoisotopic (exact) mass is 352 g/mol. The second-order valence-electron chi connectivity index (χ2n) is 5.50. The molecule has 2 N–H and O–H groups in total. The summed E-state index contributed by atoms with van der Waals surface area (Å²) < 4.78 is 0. The van der Waals surface area contributed by atoms with Crippen molar-refractivity contribution in [1.82, 2.24) is 9.97 Å². The van der Waals surface area contributed by atoms with Crippen LogP contribution in [0.15, 0.2) is 60.8 Å². The molecule has 0 amide bonds. The van der Waals surface area contributed by atoms with E-state index in [9.17, 15) is 4.79 Å². The van der Waals surface area contributed by atoms with Gasteiger partial charge < -0.3 is 10.6 Å². The van der Waals surface area contributed by atoms with E-state index in [0.717, 1.165) is 11.3 Å². The minimum Gasteiger partial charge on any atom is -0.366 e. The number of carbonyl (C=O) groups excluding carboxylic acids is 1. The number of halogens is 1. The highest BCUT2D eigenvalue weighted by atomic mass is 35.5. The van der Waals surface area contributed by atoms with Crippen LogP contribution in [0, 0.1) is 0 Å². The Bertz CT molecular complexity index is 863. The van der Waals surface area contributed by atoms with Crippen LogP contribution in [0.3, 0.4) is 0 Å². The summed E-state index contributed by atoms with van der Waals surface area (Å²) in [6, 6.07) is 16.6. The largest absolute Gasteiger partial charge is 0.366 e. The van der Waals surface area contributed by atoms with Crippen molar-refractivity contribution in [3.05, 3.63) is 76.9 Å². The third-order valence-electron chi connectivity index (χ3n) is 3.59. The van der Waals surface area contributed by atoms with E-state index in [1.807, 2.05) is 36.4 Å². The molecule has 0 spiro atoms. The zero-order chi connectivity index (χ0) is 17.6. The van der Waals surface area contributed by atoms with Crippen molar-refractivity contribution >= 4 is 34.8 Å². The van der Waals surface area contributed by atoms with Gasteiger partial charge in [0.2, 0.25) is 5.95 Å². The molecule has 126 valence electrons. The lowest BCUT2D eigenvalue weighted by Crippen LogP contribution is -2.04. The van der Waals surface area contributed by atoms with Gasteiger partial charge in [0.25, 0.3) is 0 Å². The van der Waals surface area contributed by atoms with Crippen molar-refractivity contribution in [3.8, 4) is 0 Å². The molecule has 0 bridgehead atoms. The number of carbonyl (C=O) groups is 1. The van der Waals surface area contributed by atoms with Gasteiger partial charge >= 0.3 is 0 Å². The number of nitrogens with one attached hydrogen (secondary N) is 2. The van der Waals surface area contributed by atoms with Gasteiger partial charge in [0.1, 0.15) is 5.82 Å². The molecule has 0 aliphatic carbocycles. The minimum absolute atomic E-state index is 0.0381. The maximum Gasteiger partial charge on any atom is 0.229 e. The van der Waals surface area contributed by atoms with E-state index in [-0.39, 0.29) is 5.78 Å². The Labute approximate surface area is 151 Å². The lowest BCUT2D eigenvalue weighted by atomic mass is 10.1. The van der Waals surface area contributed by atoms with E-state index in [0.29, 0.717) is 28.9 Å². The summed E-state index contributed by atoms with van der Waals surface area (Å²) in [5.41, 5.74) is 2.60. The Balaban J connectivity index is 1.64. The third-order valence-corrected chi connectivity index (χ3v) is 3.84. The maximum absolute atomic E-state index is 11.3. The van der Waals surface area contributed by atoms with Crippen molar-refractivity contribution in [1.29, 1.82) is 0 Å². The molecule has 1 aromatic heterocycles. The third kappa shape index (κ3) is 4.78. The molecule has 0 aliphatic heterocycles. The molecule has 0 saturated carbocycles. The summed E-state index contributed by atoms with van der Waals surface area (Å²) >= 11 is 5.89. The molecule has 0 atom stereocenters. The number of anilines is 3. The predicted molar refractivity (Wildman–Crippen MR) is 101 cm³/mol. The summed E-state index contributed by atoms with van der Waals surface area (Å²) in [6.07, 6.45) is 1.68. The summed E-state index contributed by atoms with van der Waals surface area (Å²) in [5.74, 6) is 1.24. The first-order valence-corrected chi connectivity index (χ1v) is 8.17. The zero-order valence-corrected chi connectivity index (χ0v) is 14.4. The zero-order valence-electron chi connectivity index (χ0n) is 13.7. The molecule has 0 saturated heterocycles. The number of Topliss-reactive ketones (excluding diaryl/α,β-unsaturated/α-hetero) is 1. The van der Waals surface area contributed by atoms with Crippen LogP contribution in [0.4, 0.5) is 17.5 Å². The van der Waals surface area contributed by atoms with Crippen LogP contribution in [0.5, 0.6) is 0 Å². The molecule has 5 nitrogen and oxygen atoms in total. The number of aromatic nitrogens is 2. The first kappa shape index (κ1) is 16.9. The van der Waals surface area contributed by atoms with E-state index in [1.54, 1.807) is 31.3 Å². The van der Waals surface area contributed by atoms with E-state index >= 15 is 0 Å². The minimum atomic E-state index is 0.0381. The van der Waals surface area contributed by atoms with Gasteiger partial charge in [-0.25, -0.2) is 4.98 Å². The number of nitrogens with zero attached hydrogens (tertiary/aromatic N) is 2. The highest BCUT2D eigenvalue weighted by Gasteiger charge is 2.02. The molecular formula is C19H17ClN4O. The molecule has 0 fully saturated rings. The normalized spacial score (nSPS) is 10.3. The van der Waals surface area contributed by atoms with Crippen LogP contribution in [-0.2, 0) is 6.54 Å². The highest BCUT2D eigenvalue weighted by Crippen LogP contribution is 2.16. The first-order chi connectivity index (χ1) is 12.1. The Morgan fingerprint density at radius 3 is 2.44 bits per heavy atom. The number of hydrogen-bond acceptors (Lipinski definition) is 5. The molecule has 2 aromatic carbocycles. The second-order valence-corrected chi connectivity index (χ2v) is 5.94. The Morgan fingerprint density at radius 1 is 1.04 bits per heavy atom. The van der Waals surface area contributed by atoms with Crippen LogP contribution in [0.2, 0.25) is 5.02 Å². The fourth-order valence-electron chi connectivity index (χ4n) is 2.23. The molecule has 3 aromatic rings. The SMILES string of the molecule is CC(=O)c1ccc(Nc2nccc(NCc3ccc(Cl)cc3)n2)cc1. The van der Waals surface area contributed by atoms with Crippen LogP contribution >= 0.6 is 11.6 Å². The summed E-state index contributed by atoms with van der Waals surface area (Å²) in [4.78, 5) is 20.0. The standard InChI is InChI=1S/C19H17ClN4O/c1-13(25)15-4-8-17(9-5-15)23-19-21-11-10-18(24-19)22-12-14-2-6-16(20)7-3-14/h2-11H,12H2,1H3,(H2,21,22,23,24). The van der Waals surface area contributed by atoms with E-state index in [1.165, 1.54) is 0 Å². The average Bonchev–Trinajstić information content (AvgIpc) is 2.62. The molecule has 25 heavy (non-hydrogen) atoms. The van der Waals surface area contributed by atoms with Crippen molar-refractivity contribution in [2.24, 2.45) is 0 Å². The molecule has 6 heteroatoms. The Hall–Kier alpha value is -2.92. The summed E-state index contributed by atoms with van der Waals surface area (Å²) in [7, 11) is 0. The molecule has 0 radical (unpaired) electrons. The second kappa shape index (κ2) is 7.77. The number of benzene rings is 2. The van der Waals surface area contributed by atoms with Crippen molar-refractivity contribution in [2.45, 2.75) is 13.5 Å². The molecule has 0 aliphatic rings. The van der Waals surface area contributed by atoms with E-state index in [4.69, 9.17) is 11.6 Å². The van der Waals surface area contributed by atoms with E-state index in [2.05, 4.69) is 20.6 Å². The number of rotatable bonds is 6. The van der Waals surface area contributed by atoms with Gasteiger partial charge in [-0.1, -0.05) is 23.7 Å². The van der Waals surface area contributed by atoms with Crippen LogP contribution in [0.25, 0.3) is 0 Å². The van der Waals surface area contributed by atoms with Gasteiger partial charge in [-0.3, -0.25) is 4.79 Å². The molecule has 0 unspecified atom stereocenters. The van der Waals surface area contributed by atoms with Gasteiger partial charge in [0.05, 0.1) is 0 Å². The molecule has 3 rings (SSSR count). The van der Waals surface area contributed by atoms with Gasteiger partial charge in [-0.15, -0.1) is 0 Å². The predicted octanol–water partition coefficient (Wildman–Crippen LogP) is 4.69. The Morgan fingerprint density at radius 2 is 1.76 bits per heavy atom. The number of ketones is 1. The van der Waals surface area contributed by atoms with Gasteiger partial charge in [0, 0.05) is 29.0 Å².